The van der Waals surface area contributed by atoms with E-state index in [0.29, 0.717) is 0 Å². The van der Waals surface area contributed by atoms with Crippen LogP contribution in [0.25, 0.3) is 0 Å². The summed E-state index contributed by atoms with van der Waals surface area (Å²) in [7, 11) is 6.00. The number of nitrogens with zero attached hydrogens (tertiary/aromatic N) is 1. The molecule has 0 N–H and O–H groups in total. The molecule has 0 unspecified atom stereocenters. The van der Waals surface area contributed by atoms with Crippen LogP contribution in [-0.4, -0.2) is 45.8 Å². The number of unbranched alkanes of at least 4 members (excludes halogenated alkanes) is 3. The van der Waals surface area contributed by atoms with Crippen molar-refractivity contribution in [3.8, 4) is 0 Å². The van der Waals surface area contributed by atoms with E-state index in [1.165, 1.54) is 38.5 Å². The molecule has 0 atom stereocenters. The first-order valence-corrected chi connectivity index (χ1v) is 13.6. The molecule has 1 radical (unpaired) electrons. The van der Waals surface area contributed by atoms with Crippen LogP contribution in [0.1, 0.15) is 59.3 Å². The van der Waals surface area contributed by atoms with Gasteiger partial charge in [0.1, 0.15) is 0 Å². The van der Waals surface area contributed by atoms with Crippen molar-refractivity contribution in [3.05, 3.63) is 0 Å². The quantitative estimate of drug-likeness (QED) is 0.526. The molecular formula is C15H36NSn. The van der Waals surface area contributed by atoms with Crippen molar-refractivity contribution in [2.75, 3.05) is 21.1 Å². The fraction of sp³-hybridized carbons (Fsp3) is 1.00. The van der Waals surface area contributed by atoms with Crippen LogP contribution < -0.4 is 0 Å². The Hall–Kier alpha value is 0.759. The molecule has 0 aromatic heterocycles. The Morgan fingerprint density at radius 1 is 0.647 bits per heavy atom. The van der Waals surface area contributed by atoms with Crippen LogP contribution >= 0.6 is 0 Å². The molecule has 105 valence electrons. The molecule has 0 aromatic rings. The minimum atomic E-state index is -0.839. The van der Waals surface area contributed by atoms with E-state index in [1.54, 1.807) is 13.3 Å². The van der Waals surface area contributed by atoms with Crippen LogP contribution in [0.4, 0.5) is 0 Å². The zero-order valence-electron chi connectivity index (χ0n) is 13.3. The molecule has 0 saturated heterocycles. The third-order valence-corrected chi connectivity index (χ3v) is 11.7. The van der Waals surface area contributed by atoms with Gasteiger partial charge < -0.3 is 4.90 Å². The van der Waals surface area contributed by atoms with Gasteiger partial charge in [-0.15, -0.1) is 0 Å². The third kappa shape index (κ3) is 22.4. The molecule has 0 amide bonds. The van der Waals surface area contributed by atoms with E-state index < -0.39 is 19.8 Å². The summed E-state index contributed by atoms with van der Waals surface area (Å²) in [5, 5.41) is 0. The second-order valence-corrected chi connectivity index (χ2v) is 14.0. The van der Waals surface area contributed by atoms with Gasteiger partial charge in [0.05, 0.1) is 0 Å². The van der Waals surface area contributed by atoms with E-state index in [-0.39, 0.29) is 0 Å². The number of hydrogen-bond acceptors (Lipinski definition) is 1. The van der Waals surface area contributed by atoms with Crippen LogP contribution in [0.15, 0.2) is 0 Å². The van der Waals surface area contributed by atoms with Crippen LogP contribution in [0.3, 0.4) is 0 Å². The summed E-state index contributed by atoms with van der Waals surface area (Å²) in [4.78, 5) is 2.00. The molecule has 0 bridgehead atoms. The largest absolute Gasteiger partial charge is 0.312 e. The summed E-state index contributed by atoms with van der Waals surface area (Å²) in [6.07, 6.45) is 8.85. The van der Waals surface area contributed by atoms with E-state index in [1.807, 2.05) is 26.0 Å². The number of rotatable bonds is 9. The van der Waals surface area contributed by atoms with E-state index in [9.17, 15) is 0 Å². The summed E-state index contributed by atoms with van der Waals surface area (Å²) in [6, 6.07) is 0. The van der Waals surface area contributed by atoms with E-state index >= 15 is 0 Å². The Morgan fingerprint density at radius 2 is 0.882 bits per heavy atom. The van der Waals surface area contributed by atoms with Gasteiger partial charge in [-0.05, 0) is 21.1 Å². The van der Waals surface area contributed by atoms with Crippen molar-refractivity contribution in [2.45, 2.75) is 72.6 Å². The molecule has 0 fully saturated rings. The van der Waals surface area contributed by atoms with Gasteiger partial charge >= 0.3 is 92.4 Å². The monoisotopic (exact) mass is 350 g/mol. The first-order chi connectivity index (χ1) is 8.08. The molecule has 0 spiro atoms. The van der Waals surface area contributed by atoms with Crippen LogP contribution in [0.2, 0.25) is 13.3 Å². The van der Waals surface area contributed by atoms with Gasteiger partial charge in [-0.25, -0.2) is 0 Å². The standard InChI is InChI=1S/3C4H9.C3H9N.Sn/c3*1-3-4-2;1-4(2)3;/h3*1,3-4H2,2H3;1-3H3;. The Kier molecular flexibility index (Phi) is 19.8. The smallest absolute Gasteiger partial charge is 0.0140 e. The topological polar surface area (TPSA) is 3.24 Å². The van der Waals surface area contributed by atoms with Crippen molar-refractivity contribution >= 4 is 19.8 Å². The molecule has 0 aliphatic rings. The molecular weight excluding hydrogens is 313 g/mol. The maximum absolute atomic E-state index is 2.33. The van der Waals surface area contributed by atoms with E-state index in [0.717, 1.165) is 0 Å². The molecule has 0 rings (SSSR count). The SMILES string of the molecule is CCC[CH2][Sn]([CH2]CCC)[CH2]CCC.CN(C)C. The van der Waals surface area contributed by atoms with Crippen LogP contribution in [-0.2, 0) is 0 Å². The summed E-state index contributed by atoms with van der Waals surface area (Å²) in [5.41, 5.74) is 0. The van der Waals surface area contributed by atoms with Gasteiger partial charge in [-0.2, -0.15) is 0 Å². The first kappa shape index (κ1) is 20.1. The number of hydrogen-bond donors (Lipinski definition) is 0. The predicted molar refractivity (Wildman–Crippen MR) is 84.5 cm³/mol. The van der Waals surface area contributed by atoms with Gasteiger partial charge in [0.15, 0.2) is 0 Å². The summed E-state index contributed by atoms with van der Waals surface area (Å²) in [6.45, 7) is 7.00. The molecule has 0 aliphatic heterocycles. The predicted octanol–water partition coefficient (Wildman–Crippen LogP) is 5.06. The zero-order valence-corrected chi connectivity index (χ0v) is 16.2. The van der Waals surface area contributed by atoms with Gasteiger partial charge in [-0.3, -0.25) is 0 Å². The van der Waals surface area contributed by atoms with Gasteiger partial charge in [0, 0.05) is 0 Å². The Bertz CT molecular complexity index is 104. The molecule has 0 saturated carbocycles. The molecule has 17 heavy (non-hydrogen) atoms. The molecule has 2 heteroatoms. The Morgan fingerprint density at radius 3 is 1.06 bits per heavy atom. The normalized spacial score (nSPS) is 10.6. The van der Waals surface area contributed by atoms with Crippen LogP contribution in [0, 0.1) is 0 Å². The van der Waals surface area contributed by atoms with E-state index in [4.69, 9.17) is 0 Å². The molecule has 1 nitrogen and oxygen atoms in total. The van der Waals surface area contributed by atoms with Crippen molar-refractivity contribution < 1.29 is 0 Å². The summed E-state index contributed by atoms with van der Waals surface area (Å²) >= 11 is -0.839. The second kappa shape index (κ2) is 16.8. The summed E-state index contributed by atoms with van der Waals surface area (Å²) in [5.74, 6) is 0. The fourth-order valence-corrected chi connectivity index (χ4v) is 11.1. The second-order valence-electron chi connectivity index (χ2n) is 5.40. The minimum Gasteiger partial charge on any atom is -0.312 e. The maximum atomic E-state index is 2.33. The maximum Gasteiger partial charge on any atom is -0.0140 e. The van der Waals surface area contributed by atoms with E-state index in [2.05, 4.69) is 20.8 Å². The van der Waals surface area contributed by atoms with Crippen molar-refractivity contribution in [1.29, 1.82) is 0 Å². The van der Waals surface area contributed by atoms with Gasteiger partial charge in [0.2, 0.25) is 0 Å². The Balaban J connectivity index is 0. The van der Waals surface area contributed by atoms with Crippen LogP contribution in [0.5, 0.6) is 0 Å². The third-order valence-electron chi connectivity index (χ3n) is 2.65. The Labute approximate surface area is 118 Å². The molecule has 0 aromatic carbocycles. The molecule has 0 aliphatic carbocycles. The van der Waals surface area contributed by atoms with Gasteiger partial charge in [-0.1, -0.05) is 0 Å². The molecule has 0 heterocycles. The fourth-order valence-electron chi connectivity index (χ4n) is 1.66. The van der Waals surface area contributed by atoms with Crippen molar-refractivity contribution in [2.24, 2.45) is 0 Å². The van der Waals surface area contributed by atoms with Crippen molar-refractivity contribution in [3.63, 3.8) is 0 Å². The zero-order chi connectivity index (χ0) is 13.5. The van der Waals surface area contributed by atoms with Crippen molar-refractivity contribution in [1.82, 2.24) is 4.90 Å². The average molecular weight is 349 g/mol. The first-order valence-electron chi connectivity index (χ1n) is 7.52. The minimum absolute atomic E-state index is 0.839. The summed E-state index contributed by atoms with van der Waals surface area (Å²) < 4.78 is 5.04. The average Bonchev–Trinajstić information content (AvgIpc) is 2.27. The van der Waals surface area contributed by atoms with Gasteiger partial charge in [0.25, 0.3) is 0 Å².